The Morgan fingerprint density at radius 3 is 2.47 bits per heavy atom. The number of nitrogens with one attached hydrogen (secondary N) is 1. The zero-order valence-corrected chi connectivity index (χ0v) is 20.1. The molecule has 8 heteroatoms. The highest BCUT2D eigenvalue weighted by atomic mass is 16.1. The van der Waals surface area contributed by atoms with Crippen LogP contribution in [0.1, 0.15) is 63.6 Å². The van der Waals surface area contributed by atoms with Gasteiger partial charge in [-0.15, -0.1) is 10.2 Å². The van der Waals surface area contributed by atoms with E-state index in [4.69, 9.17) is 0 Å². The third kappa shape index (κ3) is 5.50. The number of pyridine rings is 1. The van der Waals surface area contributed by atoms with Crippen molar-refractivity contribution in [2.75, 3.05) is 0 Å². The summed E-state index contributed by atoms with van der Waals surface area (Å²) in [5.74, 6) is 0.536. The number of imidazole rings is 1. The first-order valence-electron chi connectivity index (χ1n) is 12.3. The van der Waals surface area contributed by atoms with Crippen molar-refractivity contribution in [3.05, 3.63) is 70.7 Å². The molecule has 0 saturated carbocycles. The van der Waals surface area contributed by atoms with Gasteiger partial charge in [-0.25, -0.2) is 4.79 Å². The third-order valence-electron chi connectivity index (χ3n) is 6.18. The number of aromatic nitrogens is 7. The first-order chi connectivity index (χ1) is 16.7. The van der Waals surface area contributed by atoms with Crippen molar-refractivity contribution < 1.29 is 0 Å². The number of hydrogen-bond acceptors (Lipinski definition) is 5. The summed E-state index contributed by atoms with van der Waals surface area (Å²) in [6, 6.07) is 10.2. The quantitative estimate of drug-likeness (QED) is 0.305. The molecule has 3 heterocycles. The van der Waals surface area contributed by atoms with Crippen LogP contribution >= 0.6 is 0 Å². The van der Waals surface area contributed by atoms with E-state index in [1.54, 1.807) is 6.20 Å². The SMILES string of the molecule is CCCCCc1cn(CCCCC)c(=O)n1Cc1ccc(-c2cnccc2-c2nn[nH]n2)cc1. The molecule has 0 spiro atoms. The predicted octanol–water partition coefficient (Wildman–Crippen LogP) is 4.86. The molecule has 0 unspecified atom stereocenters. The van der Waals surface area contributed by atoms with Crippen molar-refractivity contribution in [1.29, 1.82) is 0 Å². The standard InChI is InChI=1S/C26H33N7O/c1-3-5-7-9-22-19-32(16-8-6-4-2)26(34)33(22)18-20-10-12-21(13-11-20)24-17-27-15-14-23(24)25-28-30-31-29-25/h10-15,17,19H,3-9,16,18H2,1-2H3,(H,28,29,30,31). The van der Waals surface area contributed by atoms with Crippen LogP contribution in [0.2, 0.25) is 0 Å². The summed E-state index contributed by atoms with van der Waals surface area (Å²) in [6.07, 6.45) is 13.3. The van der Waals surface area contributed by atoms with Crippen LogP contribution in [0.5, 0.6) is 0 Å². The third-order valence-corrected chi connectivity index (χ3v) is 6.18. The van der Waals surface area contributed by atoms with Gasteiger partial charge >= 0.3 is 5.69 Å². The number of hydrogen-bond donors (Lipinski definition) is 1. The van der Waals surface area contributed by atoms with Gasteiger partial charge in [0.25, 0.3) is 0 Å². The molecule has 34 heavy (non-hydrogen) atoms. The zero-order chi connectivity index (χ0) is 23.8. The highest BCUT2D eigenvalue weighted by Gasteiger charge is 2.14. The van der Waals surface area contributed by atoms with Crippen LogP contribution in [-0.2, 0) is 19.5 Å². The van der Waals surface area contributed by atoms with E-state index in [0.29, 0.717) is 12.4 Å². The highest BCUT2D eigenvalue weighted by Crippen LogP contribution is 2.29. The predicted molar refractivity (Wildman–Crippen MR) is 133 cm³/mol. The molecule has 0 amide bonds. The fourth-order valence-corrected chi connectivity index (χ4v) is 4.27. The number of aromatic amines is 1. The summed E-state index contributed by atoms with van der Waals surface area (Å²) < 4.78 is 3.85. The average Bonchev–Trinajstić information content (AvgIpc) is 3.50. The second-order valence-electron chi connectivity index (χ2n) is 8.70. The largest absolute Gasteiger partial charge is 0.328 e. The van der Waals surface area contributed by atoms with Crippen LogP contribution in [0.25, 0.3) is 22.5 Å². The molecule has 4 aromatic rings. The van der Waals surface area contributed by atoms with Gasteiger partial charge < -0.3 is 0 Å². The molecule has 4 rings (SSSR count). The lowest BCUT2D eigenvalue weighted by Crippen LogP contribution is -2.25. The van der Waals surface area contributed by atoms with Gasteiger partial charge in [-0.05, 0) is 41.7 Å². The zero-order valence-electron chi connectivity index (χ0n) is 20.1. The van der Waals surface area contributed by atoms with E-state index in [1.807, 2.05) is 21.4 Å². The molecule has 1 N–H and O–H groups in total. The van der Waals surface area contributed by atoms with Crippen molar-refractivity contribution >= 4 is 0 Å². The summed E-state index contributed by atoms with van der Waals surface area (Å²) in [5.41, 5.74) is 5.15. The molecule has 178 valence electrons. The van der Waals surface area contributed by atoms with Crippen molar-refractivity contribution in [3.63, 3.8) is 0 Å². The monoisotopic (exact) mass is 459 g/mol. The summed E-state index contributed by atoms with van der Waals surface area (Å²) >= 11 is 0. The lowest BCUT2D eigenvalue weighted by Gasteiger charge is -2.10. The second-order valence-corrected chi connectivity index (χ2v) is 8.70. The first-order valence-corrected chi connectivity index (χ1v) is 12.3. The maximum atomic E-state index is 13.2. The summed E-state index contributed by atoms with van der Waals surface area (Å²) in [7, 11) is 0. The molecule has 1 aromatic carbocycles. The maximum absolute atomic E-state index is 13.2. The van der Waals surface area contributed by atoms with Gasteiger partial charge in [0.15, 0.2) is 0 Å². The second kappa shape index (κ2) is 11.5. The number of benzene rings is 1. The fourth-order valence-electron chi connectivity index (χ4n) is 4.27. The van der Waals surface area contributed by atoms with Crippen LogP contribution < -0.4 is 5.69 Å². The molecular formula is C26H33N7O. The molecule has 0 saturated heterocycles. The lowest BCUT2D eigenvalue weighted by atomic mass is 10.0. The topological polar surface area (TPSA) is 94.3 Å². The molecule has 0 bridgehead atoms. The molecule has 3 aromatic heterocycles. The number of rotatable bonds is 12. The summed E-state index contributed by atoms with van der Waals surface area (Å²) in [4.78, 5) is 17.5. The number of H-pyrrole nitrogens is 1. The Morgan fingerprint density at radius 2 is 1.74 bits per heavy atom. The molecule has 8 nitrogen and oxygen atoms in total. The Balaban J connectivity index is 1.57. The highest BCUT2D eigenvalue weighted by molar-refractivity contribution is 5.79. The number of unbranched alkanes of at least 4 members (excludes halogenated alkanes) is 4. The molecule has 0 aliphatic carbocycles. The molecule has 0 fully saturated rings. The molecule has 0 radical (unpaired) electrons. The van der Waals surface area contributed by atoms with Crippen LogP contribution in [0, 0.1) is 0 Å². The van der Waals surface area contributed by atoms with Crippen molar-refractivity contribution in [1.82, 2.24) is 34.7 Å². The van der Waals surface area contributed by atoms with Gasteiger partial charge in [-0.3, -0.25) is 14.1 Å². The van der Waals surface area contributed by atoms with E-state index < -0.39 is 0 Å². The minimum Gasteiger partial charge on any atom is -0.299 e. The van der Waals surface area contributed by atoms with Crippen LogP contribution in [0.3, 0.4) is 0 Å². The van der Waals surface area contributed by atoms with Gasteiger partial charge in [0.05, 0.1) is 6.54 Å². The number of nitrogens with zero attached hydrogens (tertiary/aromatic N) is 6. The lowest BCUT2D eigenvalue weighted by molar-refractivity contribution is 0.572. The van der Waals surface area contributed by atoms with Crippen LogP contribution in [0.15, 0.2) is 53.7 Å². The molecule has 0 aliphatic heterocycles. The minimum atomic E-state index is 0.0957. The van der Waals surface area contributed by atoms with E-state index in [0.717, 1.165) is 66.6 Å². The molecule has 0 aliphatic rings. The Kier molecular flexibility index (Phi) is 8.01. The van der Waals surface area contributed by atoms with Crippen LogP contribution in [0.4, 0.5) is 0 Å². The minimum absolute atomic E-state index is 0.0957. The number of aryl methyl sites for hydroxylation is 2. The number of tetrazole rings is 1. The smallest absolute Gasteiger partial charge is 0.299 e. The Labute approximate surface area is 200 Å². The van der Waals surface area contributed by atoms with Crippen molar-refractivity contribution in [2.24, 2.45) is 0 Å². The fraction of sp³-hybridized carbons (Fsp3) is 0.423. The van der Waals surface area contributed by atoms with Gasteiger partial charge in [0, 0.05) is 42.0 Å². The van der Waals surface area contributed by atoms with E-state index in [9.17, 15) is 4.79 Å². The van der Waals surface area contributed by atoms with E-state index in [2.05, 4.69) is 69.9 Å². The first kappa shape index (κ1) is 23.6. The Bertz CT molecular complexity index is 1220. The summed E-state index contributed by atoms with van der Waals surface area (Å²) in [5, 5.41) is 14.4. The molecule has 0 atom stereocenters. The van der Waals surface area contributed by atoms with E-state index in [1.165, 1.54) is 12.8 Å². The van der Waals surface area contributed by atoms with Gasteiger partial charge in [-0.2, -0.15) is 5.21 Å². The van der Waals surface area contributed by atoms with Gasteiger partial charge in [0.2, 0.25) is 5.82 Å². The van der Waals surface area contributed by atoms with Gasteiger partial charge in [-0.1, -0.05) is 63.8 Å². The van der Waals surface area contributed by atoms with E-state index in [-0.39, 0.29) is 5.69 Å². The molecular weight excluding hydrogens is 426 g/mol. The van der Waals surface area contributed by atoms with E-state index >= 15 is 0 Å². The summed E-state index contributed by atoms with van der Waals surface area (Å²) in [6.45, 7) is 5.76. The van der Waals surface area contributed by atoms with Gasteiger partial charge in [0.1, 0.15) is 0 Å². The average molecular weight is 460 g/mol. The Hall–Kier alpha value is -3.55. The Morgan fingerprint density at radius 1 is 0.941 bits per heavy atom. The maximum Gasteiger partial charge on any atom is 0.328 e. The van der Waals surface area contributed by atoms with Crippen molar-refractivity contribution in [3.8, 4) is 22.5 Å². The van der Waals surface area contributed by atoms with Crippen LogP contribution in [-0.4, -0.2) is 34.7 Å². The van der Waals surface area contributed by atoms with Crippen molar-refractivity contribution in [2.45, 2.75) is 71.9 Å². The normalized spacial score (nSPS) is 11.2.